The van der Waals surface area contributed by atoms with Crippen molar-refractivity contribution < 1.29 is 27.6 Å². The molecule has 1 saturated heterocycles. The molecule has 1 aromatic carbocycles. The van der Waals surface area contributed by atoms with E-state index in [0.29, 0.717) is 6.42 Å². The van der Waals surface area contributed by atoms with Crippen molar-refractivity contribution in [3.8, 4) is 0 Å². The number of rotatable bonds is 4. The number of halogens is 3. The Bertz CT molecular complexity index is 721. The lowest BCUT2D eigenvalue weighted by atomic mass is 9.86. The van der Waals surface area contributed by atoms with Crippen LogP contribution in [0.15, 0.2) is 24.3 Å². The first-order valence-electron chi connectivity index (χ1n) is 8.70. The Labute approximate surface area is 155 Å². The van der Waals surface area contributed by atoms with Gasteiger partial charge in [-0.25, -0.2) is 0 Å². The van der Waals surface area contributed by atoms with E-state index in [1.54, 1.807) is 29.6 Å². The molecule has 27 heavy (non-hydrogen) atoms. The van der Waals surface area contributed by atoms with E-state index in [1.807, 2.05) is 20.8 Å². The number of carbonyl (C=O) groups is 3. The number of hydrogen-bond acceptors (Lipinski definition) is 3. The molecule has 148 valence electrons. The molecule has 0 spiro atoms. The molecule has 0 aliphatic carbocycles. The van der Waals surface area contributed by atoms with Crippen molar-refractivity contribution in [2.24, 2.45) is 0 Å². The van der Waals surface area contributed by atoms with Crippen molar-refractivity contribution >= 4 is 17.6 Å². The van der Waals surface area contributed by atoms with Crippen LogP contribution in [-0.4, -0.2) is 47.8 Å². The molecule has 0 saturated carbocycles. The fourth-order valence-electron chi connectivity index (χ4n) is 2.96. The van der Waals surface area contributed by atoms with Gasteiger partial charge >= 0.3 is 6.18 Å². The third kappa shape index (κ3) is 5.30. The van der Waals surface area contributed by atoms with E-state index in [0.717, 1.165) is 10.5 Å². The van der Waals surface area contributed by atoms with Gasteiger partial charge in [-0.05, 0) is 23.8 Å². The van der Waals surface area contributed by atoms with Crippen molar-refractivity contribution in [3.05, 3.63) is 35.4 Å². The summed E-state index contributed by atoms with van der Waals surface area (Å²) >= 11 is 0. The van der Waals surface area contributed by atoms with Crippen molar-refractivity contribution in [1.29, 1.82) is 0 Å². The highest BCUT2D eigenvalue weighted by atomic mass is 19.4. The largest absolute Gasteiger partial charge is 0.405 e. The summed E-state index contributed by atoms with van der Waals surface area (Å²) < 4.78 is 36.8. The first-order valence-corrected chi connectivity index (χ1v) is 8.70. The second-order valence-corrected chi connectivity index (χ2v) is 7.65. The molecule has 1 aromatic rings. The van der Waals surface area contributed by atoms with Crippen molar-refractivity contribution in [1.82, 2.24) is 10.2 Å². The molecular formula is C19H23F3N2O3. The first kappa shape index (κ1) is 20.9. The molecule has 1 N–H and O–H groups in total. The minimum absolute atomic E-state index is 0.109. The van der Waals surface area contributed by atoms with Gasteiger partial charge in [0, 0.05) is 12.1 Å². The lowest BCUT2D eigenvalue weighted by Gasteiger charge is -2.24. The number of hydrogen-bond donors (Lipinski definition) is 1. The van der Waals surface area contributed by atoms with Crippen molar-refractivity contribution in [3.63, 3.8) is 0 Å². The van der Waals surface area contributed by atoms with Crippen LogP contribution in [-0.2, 0) is 15.0 Å². The molecule has 1 heterocycles. The van der Waals surface area contributed by atoms with E-state index in [1.165, 1.54) is 0 Å². The average Bonchev–Trinajstić information content (AvgIpc) is 3.06. The Morgan fingerprint density at radius 1 is 1.11 bits per heavy atom. The lowest BCUT2D eigenvalue weighted by Crippen LogP contribution is -2.49. The Morgan fingerprint density at radius 2 is 1.70 bits per heavy atom. The highest BCUT2D eigenvalue weighted by molar-refractivity contribution is 6.43. The van der Waals surface area contributed by atoms with E-state index in [-0.39, 0.29) is 23.9 Å². The van der Waals surface area contributed by atoms with Crippen LogP contribution in [0.2, 0.25) is 0 Å². The van der Waals surface area contributed by atoms with Gasteiger partial charge < -0.3 is 10.2 Å². The van der Waals surface area contributed by atoms with Crippen molar-refractivity contribution in [2.75, 3.05) is 13.1 Å². The topological polar surface area (TPSA) is 66.5 Å². The number of ketones is 1. The van der Waals surface area contributed by atoms with E-state index in [2.05, 4.69) is 0 Å². The molecule has 2 amide bonds. The number of nitrogens with zero attached hydrogens (tertiary/aromatic N) is 1. The maximum atomic E-state index is 12.5. The van der Waals surface area contributed by atoms with Crippen LogP contribution in [0.5, 0.6) is 0 Å². The fourth-order valence-corrected chi connectivity index (χ4v) is 2.96. The summed E-state index contributed by atoms with van der Waals surface area (Å²) in [5.41, 5.74) is 1.08. The molecular weight excluding hydrogens is 361 g/mol. The van der Waals surface area contributed by atoms with Gasteiger partial charge in [0.25, 0.3) is 5.91 Å². The van der Waals surface area contributed by atoms with Crippen LogP contribution < -0.4 is 5.32 Å². The van der Waals surface area contributed by atoms with Gasteiger partial charge in [0.2, 0.25) is 11.7 Å². The summed E-state index contributed by atoms with van der Waals surface area (Å²) in [4.78, 5) is 38.1. The summed E-state index contributed by atoms with van der Waals surface area (Å²) in [6.45, 7) is 4.75. The number of benzene rings is 1. The summed E-state index contributed by atoms with van der Waals surface area (Å²) in [7, 11) is 0. The molecule has 1 unspecified atom stereocenters. The standard InChI is InChI=1S/C19H23F3N2O3/c1-18(2,3)13-8-6-12(7-9-13)15(25)17(27)24-10-4-5-14(24)16(26)23-11-19(20,21)22/h6-9,14H,4-5,10-11H2,1-3H3,(H,23,26). The van der Waals surface area contributed by atoms with E-state index in [9.17, 15) is 27.6 Å². The zero-order chi connectivity index (χ0) is 20.4. The Balaban J connectivity index is 2.08. The molecule has 8 heteroatoms. The summed E-state index contributed by atoms with van der Waals surface area (Å²) in [6.07, 6.45) is -3.86. The van der Waals surface area contributed by atoms with Crippen LogP contribution in [0.3, 0.4) is 0 Å². The molecule has 2 rings (SSSR count). The van der Waals surface area contributed by atoms with Gasteiger partial charge in [0.15, 0.2) is 0 Å². The highest BCUT2D eigenvalue weighted by Crippen LogP contribution is 2.23. The van der Waals surface area contributed by atoms with E-state index in [4.69, 9.17) is 0 Å². The molecule has 0 radical (unpaired) electrons. The molecule has 1 aliphatic heterocycles. The van der Waals surface area contributed by atoms with E-state index < -0.39 is 36.4 Å². The maximum absolute atomic E-state index is 12.5. The minimum atomic E-state index is -4.53. The predicted molar refractivity (Wildman–Crippen MR) is 93.3 cm³/mol. The molecule has 1 atom stereocenters. The average molecular weight is 384 g/mol. The maximum Gasteiger partial charge on any atom is 0.405 e. The van der Waals surface area contributed by atoms with Gasteiger partial charge in [-0.2, -0.15) is 13.2 Å². The van der Waals surface area contributed by atoms with Crippen LogP contribution in [0.1, 0.15) is 49.5 Å². The quantitative estimate of drug-likeness (QED) is 0.641. The third-order valence-corrected chi connectivity index (χ3v) is 4.49. The number of likely N-dealkylation sites (tertiary alicyclic amines) is 1. The Kier molecular flexibility index (Phi) is 5.97. The molecule has 1 aliphatic rings. The van der Waals surface area contributed by atoms with Crippen molar-refractivity contribution in [2.45, 2.75) is 51.2 Å². The Morgan fingerprint density at radius 3 is 2.22 bits per heavy atom. The first-order chi connectivity index (χ1) is 12.4. The summed E-state index contributed by atoms with van der Waals surface area (Å²) in [6, 6.07) is 5.57. The summed E-state index contributed by atoms with van der Waals surface area (Å²) in [5.74, 6) is -2.54. The monoisotopic (exact) mass is 384 g/mol. The summed E-state index contributed by atoms with van der Waals surface area (Å²) in [5, 5.41) is 1.78. The number of nitrogens with one attached hydrogen (secondary N) is 1. The molecule has 0 aromatic heterocycles. The number of amides is 2. The molecule has 0 bridgehead atoms. The minimum Gasteiger partial charge on any atom is -0.345 e. The van der Waals surface area contributed by atoms with Gasteiger partial charge in [-0.1, -0.05) is 45.0 Å². The van der Waals surface area contributed by atoms with Gasteiger partial charge in [0.05, 0.1) is 0 Å². The normalized spacial score (nSPS) is 17.7. The fraction of sp³-hybridized carbons (Fsp3) is 0.526. The zero-order valence-electron chi connectivity index (χ0n) is 15.5. The van der Waals surface area contributed by atoms with Crippen LogP contribution in [0, 0.1) is 0 Å². The van der Waals surface area contributed by atoms with Crippen LogP contribution in [0.25, 0.3) is 0 Å². The number of Topliss-reactive ketones (excluding diaryl/α,β-unsaturated/α-hetero) is 1. The van der Waals surface area contributed by atoms with Gasteiger partial charge in [-0.15, -0.1) is 0 Å². The SMILES string of the molecule is CC(C)(C)c1ccc(C(=O)C(=O)N2CCCC2C(=O)NCC(F)(F)F)cc1. The smallest absolute Gasteiger partial charge is 0.345 e. The molecule has 1 fully saturated rings. The van der Waals surface area contributed by atoms with Crippen LogP contribution in [0.4, 0.5) is 13.2 Å². The number of carbonyl (C=O) groups excluding carboxylic acids is 3. The van der Waals surface area contributed by atoms with E-state index >= 15 is 0 Å². The van der Waals surface area contributed by atoms with Gasteiger partial charge in [-0.3, -0.25) is 14.4 Å². The zero-order valence-corrected chi connectivity index (χ0v) is 15.5. The lowest BCUT2D eigenvalue weighted by molar-refractivity contribution is -0.143. The Hall–Kier alpha value is -2.38. The molecule has 5 nitrogen and oxygen atoms in total. The van der Waals surface area contributed by atoms with Crippen LogP contribution >= 0.6 is 0 Å². The number of alkyl halides is 3. The third-order valence-electron chi connectivity index (χ3n) is 4.49. The predicted octanol–water partition coefficient (Wildman–Crippen LogP) is 2.84. The second-order valence-electron chi connectivity index (χ2n) is 7.65. The highest BCUT2D eigenvalue weighted by Gasteiger charge is 2.38. The van der Waals surface area contributed by atoms with Gasteiger partial charge in [0.1, 0.15) is 12.6 Å². The second kappa shape index (κ2) is 7.70.